The number of carbonyl (C=O) groups excluding carboxylic acids is 3. The Labute approximate surface area is 163 Å². The molecule has 1 aliphatic heterocycles. The van der Waals surface area contributed by atoms with Crippen LogP contribution in [-0.2, 0) is 16.1 Å². The molecule has 146 valence electrons. The Balaban J connectivity index is 1.64. The van der Waals surface area contributed by atoms with Crippen LogP contribution in [0.2, 0.25) is 0 Å². The van der Waals surface area contributed by atoms with Gasteiger partial charge < -0.3 is 20.3 Å². The molecule has 2 aromatic carbocycles. The van der Waals surface area contributed by atoms with Crippen molar-refractivity contribution in [3.05, 3.63) is 59.7 Å². The Hall–Kier alpha value is -3.35. The van der Waals surface area contributed by atoms with Gasteiger partial charge in [0.2, 0.25) is 0 Å². The molecule has 0 saturated carbocycles. The van der Waals surface area contributed by atoms with Crippen LogP contribution in [0.25, 0.3) is 0 Å². The zero-order valence-electron chi connectivity index (χ0n) is 15.7. The molecule has 1 heterocycles. The summed E-state index contributed by atoms with van der Waals surface area (Å²) in [4.78, 5) is 38.9. The molecule has 0 unspecified atom stereocenters. The Kier molecular flexibility index (Phi) is 6.26. The summed E-state index contributed by atoms with van der Waals surface area (Å²) in [6, 6.07) is 14.0. The Morgan fingerprint density at radius 2 is 1.64 bits per heavy atom. The number of hydrogen-bond donors (Lipinski definition) is 2. The molecule has 0 atom stereocenters. The van der Waals surface area contributed by atoms with Gasteiger partial charge in [0.25, 0.3) is 5.91 Å². The highest BCUT2D eigenvalue weighted by Gasteiger charge is 2.23. The number of amides is 3. The van der Waals surface area contributed by atoms with Crippen LogP contribution < -0.4 is 15.4 Å². The fraction of sp³-hybridized carbons (Fsp3) is 0.286. The van der Waals surface area contributed by atoms with Gasteiger partial charge >= 0.3 is 11.8 Å². The first-order valence-electron chi connectivity index (χ1n) is 9.19. The second-order valence-corrected chi connectivity index (χ2v) is 6.49. The van der Waals surface area contributed by atoms with Gasteiger partial charge in [-0.3, -0.25) is 14.4 Å². The van der Waals surface area contributed by atoms with E-state index in [0.717, 1.165) is 18.4 Å². The van der Waals surface area contributed by atoms with Gasteiger partial charge in [-0.15, -0.1) is 0 Å². The minimum absolute atomic E-state index is 0.136. The number of rotatable bonds is 5. The molecule has 1 saturated heterocycles. The molecule has 1 fully saturated rings. The topological polar surface area (TPSA) is 87.7 Å². The van der Waals surface area contributed by atoms with Gasteiger partial charge in [-0.05, 0) is 31.0 Å². The van der Waals surface area contributed by atoms with Crippen LogP contribution in [0.15, 0.2) is 48.5 Å². The van der Waals surface area contributed by atoms with E-state index in [1.54, 1.807) is 48.4 Å². The molecule has 0 aromatic heterocycles. The third kappa shape index (κ3) is 4.49. The maximum Gasteiger partial charge on any atom is 0.313 e. The van der Waals surface area contributed by atoms with Crippen LogP contribution in [0.5, 0.6) is 5.75 Å². The molecule has 3 rings (SSSR count). The largest absolute Gasteiger partial charge is 0.496 e. The highest BCUT2D eigenvalue weighted by molar-refractivity contribution is 6.40. The van der Waals surface area contributed by atoms with Crippen LogP contribution in [-0.4, -0.2) is 42.8 Å². The molecule has 0 spiro atoms. The second kappa shape index (κ2) is 9.03. The molecular weight excluding hydrogens is 358 g/mol. The molecule has 2 aromatic rings. The maximum absolute atomic E-state index is 12.7. The summed E-state index contributed by atoms with van der Waals surface area (Å²) in [5.74, 6) is -1.11. The normalized spacial score (nSPS) is 13.1. The number of nitrogens with zero attached hydrogens (tertiary/aromatic N) is 1. The summed E-state index contributed by atoms with van der Waals surface area (Å²) in [7, 11) is 1.54. The van der Waals surface area contributed by atoms with E-state index in [-0.39, 0.29) is 12.5 Å². The molecule has 3 amide bonds. The van der Waals surface area contributed by atoms with Crippen molar-refractivity contribution in [2.45, 2.75) is 19.4 Å². The fourth-order valence-electron chi connectivity index (χ4n) is 3.15. The minimum atomic E-state index is -0.823. The van der Waals surface area contributed by atoms with E-state index >= 15 is 0 Å². The molecule has 1 aliphatic rings. The van der Waals surface area contributed by atoms with Crippen molar-refractivity contribution in [2.75, 3.05) is 25.5 Å². The van der Waals surface area contributed by atoms with Gasteiger partial charge in [-0.2, -0.15) is 0 Å². The van der Waals surface area contributed by atoms with Crippen molar-refractivity contribution in [1.82, 2.24) is 10.2 Å². The fourth-order valence-corrected chi connectivity index (χ4v) is 3.15. The van der Waals surface area contributed by atoms with Crippen molar-refractivity contribution in [3.63, 3.8) is 0 Å². The van der Waals surface area contributed by atoms with Crippen LogP contribution in [0.1, 0.15) is 28.8 Å². The standard InChI is InChI=1S/C21H23N3O4/c1-28-18-11-5-2-8-15(18)14-22-19(25)20(26)23-17-10-4-3-9-16(17)21(27)24-12-6-7-13-24/h2-5,8-11H,6-7,12-14H2,1H3,(H,22,25)(H,23,26). The molecule has 7 heteroatoms. The predicted molar refractivity (Wildman–Crippen MR) is 105 cm³/mol. The first-order chi connectivity index (χ1) is 13.6. The van der Waals surface area contributed by atoms with Crippen molar-refractivity contribution >= 4 is 23.4 Å². The molecule has 7 nitrogen and oxygen atoms in total. The van der Waals surface area contributed by atoms with Crippen molar-refractivity contribution < 1.29 is 19.1 Å². The van der Waals surface area contributed by atoms with Crippen LogP contribution in [0.4, 0.5) is 5.69 Å². The Morgan fingerprint density at radius 1 is 0.964 bits per heavy atom. The van der Waals surface area contributed by atoms with Crippen LogP contribution in [0.3, 0.4) is 0 Å². The molecule has 0 aliphatic carbocycles. The average molecular weight is 381 g/mol. The van der Waals surface area contributed by atoms with Crippen molar-refractivity contribution in [2.24, 2.45) is 0 Å². The van der Waals surface area contributed by atoms with E-state index in [9.17, 15) is 14.4 Å². The molecular formula is C21H23N3O4. The van der Waals surface area contributed by atoms with E-state index in [1.165, 1.54) is 0 Å². The smallest absolute Gasteiger partial charge is 0.313 e. The summed E-state index contributed by atoms with van der Waals surface area (Å²) in [6.45, 7) is 1.58. The van der Waals surface area contributed by atoms with E-state index in [2.05, 4.69) is 10.6 Å². The van der Waals surface area contributed by atoms with Crippen LogP contribution in [0, 0.1) is 0 Å². The first-order valence-corrected chi connectivity index (χ1v) is 9.19. The zero-order chi connectivity index (χ0) is 19.9. The molecule has 2 N–H and O–H groups in total. The number of ether oxygens (including phenoxy) is 1. The van der Waals surface area contributed by atoms with Gasteiger partial charge in [0.1, 0.15) is 5.75 Å². The quantitative estimate of drug-likeness (QED) is 0.777. The van der Waals surface area contributed by atoms with Crippen molar-refractivity contribution in [1.29, 1.82) is 0 Å². The summed E-state index contributed by atoms with van der Waals surface area (Å²) < 4.78 is 5.23. The van der Waals surface area contributed by atoms with Gasteiger partial charge in [0.15, 0.2) is 0 Å². The highest BCUT2D eigenvalue weighted by atomic mass is 16.5. The summed E-state index contributed by atoms with van der Waals surface area (Å²) in [5.41, 5.74) is 1.47. The number of benzene rings is 2. The summed E-state index contributed by atoms with van der Waals surface area (Å²) in [5, 5.41) is 5.12. The van der Waals surface area contributed by atoms with Gasteiger partial charge in [-0.1, -0.05) is 30.3 Å². The number of anilines is 1. The van der Waals surface area contributed by atoms with Crippen LogP contribution >= 0.6 is 0 Å². The minimum Gasteiger partial charge on any atom is -0.496 e. The highest BCUT2D eigenvalue weighted by Crippen LogP contribution is 2.20. The number of likely N-dealkylation sites (tertiary alicyclic amines) is 1. The number of methoxy groups -OCH3 is 1. The zero-order valence-corrected chi connectivity index (χ0v) is 15.7. The van der Waals surface area contributed by atoms with Crippen molar-refractivity contribution in [3.8, 4) is 5.75 Å². The number of carbonyl (C=O) groups is 3. The lowest BCUT2D eigenvalue weighted by molar-refractivity contribution is -0.136. The van der Waals surface area contributed by atoms with Gasteiger partial charge in [0.05, 0.1) is 18.4 Å². The Morgan fingerprint density at radius 3 is 2.39 bits per heavy atom. The monoisotopic (exact) mass is 381 g/mol. The van der Waals surface area contributed by atoms with E-state index < -0.39 is 11.8 Å². The third-order valence-corrected chi connectivity index (χ3v) is 4.64. The molecule has 0 bridgehead atoms. The summed E-state index contributed by atoms with van der Waals surface area (Å²) in [6.07, 6.45) is 1.96. The maximum atomic E-state index is 12.7. The van der Waals surface area contributed by atoms with E-state index in [1.807, 2.05) is 12.1 Å². The average Bonchev–Trinajstić information content (AvgIpc) is 3.27. The molecule has 28 heavy (non-hydrogen) atoms. The van der Waals surface area contributed by atoms with Gasteiger partial charge in [0, 0.05) is 25.2 Å². The third-order valence-electron chi connectivity index (χ3n) is 4.64. The summed E-state index contributed by atoms with van der Waals surface area (Å²) >= 11 is 0. The second-order valence-electron chi connectivity index (χ2n) is 6.49. The predicted octanol–water partition coefficient (Wildman–Crippen LogP) is 2.19. The first kappa shape index (κ1) is 19.4. The lowest BCUT2D eigenvalue weighted by Gasteiger charge is -2.18. The lowest BCUT2D eigenvalue weighted by Crippen LogP contribution is -2.36. The number of para-hydroxylation sites is 2. The molecule has 0 radical (unpaired) electrons. The van der Waals surface area contributed by atoms with Gasteiger partial charge in [-0.25, -0.2) is 0 Å². The Bertz CT molecular complexity index is 875. The number of hydrogen-bond acceptors (Lipinski definition) is 4. The lowest BCUT2D eigenvalue weighted by atomic mass is 10.1. The number of nitrogens with one attached hydrogen (secondary N) is 2. The van der Waals surface area contributed by atoms with E-state index in [0.29, 0.717) is 30.1 Å². The van der Waals surface area contributed by atoms with E-state index in [4.69, 9.17) is 4.74 Å². The SMILES string of the molecule is COc1ccccc1CNC(=O)C(=O)Nc1ccccc1C(=O)N1CCCC1.